The standard InChI is InChI=1S/C18H29N3OS/c1-19-18(20-12-13-23-2)21-14-15-8-10-17(11-9-15)22-16-6-4-3-5-7-16/h8-11,16H,3-7,12-14H2,1-2H3,(H2,19,20,21). The summed E-state index contributed by atoms with van der Waals surface area (Å²) in [7, 11) is 1.80. The third-order valence-electron chi connectivity index (χ3n) is 4.06. The normalized spacial score (nSPS) is 16.2. The molecular formula is C18H29N3OS. The Labute approximate surface area is 144 Å². The number of guanidine groups is 1. The van der Waals surface area contributed by atoms with Crippen LogP contribution in [0, 0.1) is 0 Å². The lowest BCUT2D eigenvalue weighted by molar-refractivity contribution is 0.155. The molecule has 0 bridgehead atoms. The van der Waals surface area contributed by atoms with Crippen LogP contribution in [0.5, 0.6) is 5.75 Å². The molecule has 0 aliphatic heterocycles. The van der Waals surface area contributed by atoms with Crippen molar-refractivity contribution in [1.82, 2.24) is 10.6 Å². The molecule has 0 amide bonds. The molecule has 23 heavy (non-hydrogen) atoms. The van der Waals surface area contributed by atoms with Crippen molar-refractivity contribution in [3.63, 3.8) is 0 Å². The van der Waals surface area contributed by atoms with Gasteiger partial charge in [-0.25, -0.2) is 0 Å². The quantitative estimate of drug-likeness (QED) is 0.455. The summed E-state index contributed by atoms with van der Waals surface area (Å²) in [5.41, 5.74) is 1.23. The number of thioether (sulfide) groups is 1. The Morgan fingerprint density at radius 3 is 2.57 bits per heavy atom. The summed E-state index contributed by atoms with van der Waals surface area (Å²) in [5, 5.41) is 6.63. The Morgan fingerprint density at radius 1 is 1.17 bits per heavy atom. The van der Waals surface area contributed by atoms with Gasteiger partial charge >= 0.3 is 0 Å². The smallest absolute Gasteiger partial charge is 0.191 e. The van der Waals surface area contributed by atoms with E-state index in [2.05, 4.69) is 46.1 Å². The van der Waals surface area contributed by atoms with Gasteiger partial charge in [0.2, 0.25) is 0 Å². The van der Waals surface area contributed by atoms with Crippen LogP contribution in [0.2, 0.25) is 0 Å². The molecule has 1 saturated carbocycles. The fraction of sp³-hybridized carbons (Fsp3) is 0.611. The fourth-order valence-electron chi connectivity index (χ4n) is 2.74. The zero-order valence-electron chi connectivity index (χ0n) is 14.3. The van der Waals surface area contributed by atoms with Crippen LogP contribution in [-0.2, 0) is 6.54 Å². The van der Waals surface area contributed by atoms with Crippen LogP contribution in [-0.4, -0.2) is 37.7 Å². The van der Waals surface area contributed by atoms with Crippen LogP contribution in [0.25, 0.3) is 0 Å². The maximum absolute atomic E-state index is 6.06. The molecule has 0 spiro atoms. The molecule has 128 valence electrons. The number of hydrogen-bond acceptors (Lipinski definition) is 3. The van der Waals surface area contributed by atoms with E-state index < -0.39 is 0 Å². The third-order valence-corrected chi connectivity index (χ3v) is 4.67. The number of benzene rings is 1. The lowest BCUT2D eigenvalue weighted by Gasteiger charge is -2.23. The molecule has 1 aromatic carbocycles. The summed E-state index contributed by atoms with van der Waals surface area (Å²) in [6.07, 6.45) is 8.87. The van der Waals surface area contributed by atoms with Crippen molar-refractivity contribution in [2.75, 3.05) is 25.6 Å². The zero-order chi connectivity index (χ0) is 16.3. The predicted molar refractivity (Wildman–Crippen MR) is 101 cm³/mol. The lowest BCUT2D eigenvalue weighted by Crippen LogP contribution is -2.37. The highest BCUT2D eigenvalue weighted by Gasteiger charge is 2.14. The van der Waals surface area contributed by atoms with Gasteiger partial charge in [-0.15, -0.1) is 0 Å². The van der Waals surface area contributed by atoms with E-state index in [-0.39, 0.29) is 0 Å². The average Bonchev–Trinajstić information content (AvgIpc) is 2.60. The Hall–Kier alpha value is -1.36. The van der Waals surface area contributed by atoms with Gasteiger partial charge < -0.3 is 15.4 Å². The Bertz CT molecular complexity index is 470. The molecule has 2 N–H and O–H groups in total. The number of ether oxygens (including phenoxy) is 1. The second kappa shape index (κ2) is 10.4. The van der Waals surface area contributed by atoms with Crippen LogP contribution in [0.1, 0.15) is 37.7 Å². The first-order chi connectivity index (χ1) is 11.3. The Morgan fingerprint density at radius 2 is 1.91 bits per heavy atom. The van der Waals surface area contributed by atoms with E-state index in [1.165, 1.54) is 37.7 Å². The molecule has 0 unspecified atom stereocenters. The van der Waals surface area contributed by atoms with E-state index >= 15 is 0 Å². The summed E-state index contributed by atoms with van der Waals surface area (Å²) >= 11 is 1.83. The molecule has 4 nitrogen and oxygen atoms in total. The van der Waals surface area contributed by atoms with E-state index in [0.717, 1.165) is 30.6 Å². The van der Waals surface area contributed by atoms with Crippen LogP contribution < -0.4 is 15.4 Å². The molecular weight excluding hydrogens is 306 g/mol. The molecule has 1 aliphatic rings. The number of nitrogens with one attached hydrogen (secondary N) is 2. The summed E-state index contributed by atoms with van der Waals surface area (Å²) in [4.78, 5) is 4.23. The van der Waals surface area contributed by atoms with Crippen molar-refractivity contribution in [3.8, 4) is 5.75 Å². The van der Waals surface area contributed by atoms with Crippen molar-refractivity contribution >= 4 is 17.7 Å². The summed E-state index contributed by atoms with van der Waals surface area (Å²) < 4.78 is 6.06. The maximum atomic E-state index is 6.06. The molecule has 0 radical (unpaired) electrons. The van der Waals surface area contributed by atoms with E-state index in [1.54, 1.807) is 7.05 Å². The number of aliphatic imine (C=N–C) groups is 1. The SMILES string of the molecule is CN=C(NCCSC)NCc1ccc(OC2CCCCC2)cc1. The minimum Gasteiger partial charge on any atom is -0.490 e. The van der Waals surface area contributed by atoms with Crippen molar-refractivity contribution in [1.29, 1.82) is 0 Å². The summed E-state index contributed by atoms with van der Waals surface area (Å²) in [5.74, 6) is 2.91. The first-order valence-electron chi connectivity index (χ1n) is 8.51. The van der Waals surface area contributed by atoms with Gasteiger partial charge in [0.05, 0.1) is 6.10 Å². The van der Waals surface area contributed by atoms with E-state index in [9.17, 15) is 0 Å². The lowest BCUT2D eigenvalue weighted by atomic mass is 9.98. The average molecular weight is 336 g/mol. The maximum Gasteiger partial charge on any atom is 0.191 e. The third kappa shape index (κ3) is 6.73. The van der Waals surface area contributed by atoms with E-state index in [0.29, 0.717) is 6.10 Å². The minimum atomic E-state index is 0.409. The number of nitrogens with zero attached hydrogens (tertiary/aromatic N) is 1. The highest BCUT2D eigenvalue weighted by Crippen LogP contribution is 2.23. The van der Waals surface area contributed by atoms with Gasteiger partial charge in [0.25, 0.3) is 0 Å². The van der Waals surface area contributed by atoms with Gasteiger partial charge in [0, 0.05) is 25.9 Å². The van der Waals surface area contributed by atoms with Crippen LogP contribution >= 0.6 is 11.8 Å². The molecule has 2 rings (SSSR count). The number of rotatable bonds is 7. The molecule has 0 heterocycles. The molecule has 1 fully saturated rings. The second-order valence-electron chi connectivity index (χ2n) is 5.87. The van der Waals surface area contributed by atoms with Gasteiger partial charge in [0.1, 0.15) is 5.75 Å². The minimum absolute atomic E-state index is 0.409. The second-order valence-corrected chi connectivity index (χ2v) is 6.85. The predicted octanol–water partition coefficient (Wildman–Crippen LogP) is 3.43. The number of hydrogen-bond donors (Lipinski definition) is 2. The monoisotopic (exact) mass is 335 g/mol. The van der Waals surface area contributed by atoms with Gasteiger partial charge in [-0.3, -0.25) is 4.99 Å². The van der Waals surface area contributed by atoms with Gasteiger partial charge in [-0.05, 0) is 49.6 Å². The highest BCUT2D eigenvalue weighted by atomic mass is 32.2. The molecule has 5 heteroatoms. The van der Waals surface area contributed by atoms with Crippen LogP contribution in [0.3, 0.4) is 0 Å². The van der Waals surface area contributed by atoms with Gasteiger partial charge in [-0.2, -0.15) is 11.8 Å². The molecule has 1 aliphatic carbocycles. The fourth-order valence-corrected chi connectivity index (χ4v) is 3.05. The largest absolute Gasteiger partial charge is 0.490 e. The van der Waals surface area contributed by atoms with Crippen molar-refractivity contribution in [2.24, 2.45) is 4.99 Å². The van der Waals surface area contributed by atoms with Crippen LogP contribution in [0.4, 0.5) is 0 Å². The molecule has 0 saturated heterocycles. The summed E-state index contributed by atoms with van der Waals surface area (Å²) in [6, 6.07) is 8.41. The first-order valence-corrected chi connectivity index (χ1v) is 9.90. The van der Waals surface area contributed by atoms with Crippen molar-refractivity contribution in [2.45, 2.75) is 44.8 Å². The first kappa shape index (κ1) is 18.0. The van der Waals surface area contributed by atoms with E-state index in [1.807, 2.05) is 11.8 Å². The highest BCUT2D eigenvalue weighted by molar-refractivity contribution is 7.98. The van der Waals surface area contributed by atoms with Crippen LogP contribution in [0.15, 0.2) is 29.3 Å². The zero-order valence-corrected chi connectivity index (χ0v) is 15.1. The Kier molecular flexibility index (Phi) is 8.15. The molecule has 0 aromatic heterocycles. The summed E-state index contributed by atoms with van der Waals surface area (Å²) in [6.45, 7) is 1.69. The molecule has 0 atom stereocenters. The van der Waals surface area contributed by atoms with Gasteiger partial charge in [-0.1, -0.05) is 18.6 Å². The van der Waals surface area contributed by atoms with E-state index in [4.69, 9.17) is 4.74 Å². The van der Waals surface area contributed by atoms with Crippen molar-refractivity contribution in [3.05, 3.63) is 29.8 Å². The topological polar surface area (TPSA) is 45.7 Å². The van der Waals surface area contributed by atoms with Crippen molar-refractivity contribution < 1.29 is 4.74 Å². The Balaban J connectivity index is 1.75. The molecule has 1 aromatic rings. The van der Waals surface area contributed by atoms with Gasteiger partial charge in [0.15, 0.2) is 5.96 Å².